The van der Waals surface area contributed by atoms with Crippen molar-refractivity contribution in [3.8, 4) is 0 Å². The molecule has 2 aromatic rings. The zero-order chi connectivity index (χ0) is 16.4. The van der Waals surface area contributed by atoms with E-state index in [1.165, 1.54) is 22.5 Å². The number of thioether (sulfide) groups is 1. The minimum atomic E-state index is -0.728. The van der Waals surface area contributed by atoms with Gasteiger partial charge in [0, 0.05) is 17.7 Å². The molecule has 1 N–H and O–H groups in total. The molecule has 1 aliphatic rings. The fourth-order valence-corrected chi connectivity index (χ4v) is 3.86. The van der Waals surface area contributed by atoms with E-state index in [1.807, 2.05) is 0 Å². The average Bonchev–Trinajstić information content (AvgIpc) is 3.23. The van der Waals surface area contributed by atoms with Crippen LogP contribution in [0.3, 0.4) is 0 Å². The van der Waals surface area contributed by atoms with E-state index in [0.717, 1.165) is 11.8 Å². The number of aromatic nitrogens is 1. The summed E-state index contributed by atoms with van der Waals surface area (Å²) in [6.07, 6.45) is 4.73. The Labute approximate surface area is 145 Å². The zero-order valence-corrected chi connectivity index (χ0v) is 14.3. The van der Waals surface area contributed by atoms with Crippen molar-refractivity contribution in [3.63, 3.8) is 0 Å². The lowest BCUT2D eigenvalue weighted by Gasteiger charge is -2.21. The summed E-state index contributed by atoms with van der Waals surface area (Å²) in [6, 6.07) is 2.75. The van der Waals surface area contributed by atoms with E-state index in [2.05, 4.69) is 10.3 Å². The number of hydrogen-bond acceptors (Lipinski definition) is 7. The van der Waals surface area contributed by atoms with Crippen molar-refractivity contribution in [2.75, 3.05) is 5.32 Å². The number of amides is 2. The van der Waals surface area contributed by atoms with Gasteiger partial charge in [0.05, 0.1) is 11.2 Å². The summed E-state index contributed by atoms with van der Waals surface area (Å²) in [7, 11) is 0. The molecule has 1 atom stereocenters. The molecular weight excluding hydrogens is 354 g/mol. The van der Waals surface area contributed by atoms with Gasteiger partial charge < -0.3 is 9.73 Å². The molecule has 0 bridgehead atoms. The van der Waals surface area contributed by atoms with Gasteiger partial charge in [-0.15, -0.1) is 11.3 Å². The third-order valence-corrected chi connectivity index (χ3v) is 5.09. The van der Waals surface area contributed by atoms with Crippen LogP contribution in [0.1, 0.15) is 12.7 Å². The zero-order valence-electron chi connectivity index (χ0n) is 11.9. The molecule has 118 valence electrons. The molecule has 0 radical (unpaired) electrons. The first-order valence-electron chi connectivity index (χ1n) is 6.57. The molecule has 6 nitrogen and oxygen atoms in total. The fourth-order valence-electron chi connectivity index (χ4n) is 1.93. The summed E-state index contributed by atoms with van der Waals surface area (Å²) in [5, 5.41) is 4.91. The van der Waals surface area contributed by atoms with Crippen LogP contribution in [0.5, 0.6) is 0 Å². The maximum absolute atomic E-state index is 12.5. The highest BCUT2D eigenvalue weighted by Crippen LogP contribution is 2.34. The van der Waals surface area contributed by atoms with Gasteiger partial charge in [0.15, 0.2) is 5.13 Å². The first-order chi connectivity index (χ1) is 11.1. The molecule has 9 heteroatoms. The van der Waals surface area contributed by atoms with E-state index in [-0.39, 0.29) is 11.8 Å². The molecule has 0 aliphatic carbocycles. The van der Waals surface area contributed by atoms with Crippen LogP contribution in [0.2, 0.25) is 0 Å². The number of carbonyl (C=O) groups excluding carboxylic acids is 2. The number of rotatable bonds is 4. The predicted molar refractivity (Wildman–Crippen MR) is 93.9 cm³/mol. The topological polar surface area (TPSA) is 75.4 Å². The molecule has 1 unspecified atom stereocenters. The summed E-state index contributed by atoms with van der Waals surface area (Å²) in [5.74, 6) is -0.0842. The summed E-state index contributed by atoms with van der Waals surface area (Å²) in [5.41, 5.74) is 0. The largest absolute Gasteiger partial charge is 0.465 e. The maximum Gasteiger partial charge on any atom is 0.267 e. The normalized spacial score (nSPS) is 17.8. The Kier molecular flexibility index (Phi) is 4.60. The molecule has 0 saturated carbocycles. The Balaban J connectivity index is 1.75. The quantitative estimate of drug-likeness (QED) is 0.663. The number of anilines is 1. The van der Waals surface area contributed by atoms with Gasteiger partial charge in [0.2, 0.25) is 5.91 Å². The first kappa shape index (κ1) is 15.9. The van der Waals surface area contributed by atoms with Gasteiger partial charge >= 0.3 is 0 Å². The van der Waals surface area contributed by atoms with Crippen LogP contribution in [-0.2, 0) is 9.59 Å². The fraction of sp³-hybridized carbons (Fsp3) is 0.143. The van der Waals surface area contributed by atoms with E-state index in [1.54, 1.807) is 36.7 Å². The number of hydrogen-bond donors (Lipinski definition) is 1. The molecule has 1 saturated heterocycles. The number of nitrogens with zero attached hydrogens (tertiary/aromatic N) is 2. The SMILES string of the molecule is CC(C(=O)Nc1nccs1)N1C(=O)/C(=C/c2ccco2)SC1=S. The van der Waals surface area contributed by atoms with Crippen LogP contribution in [0.25, 0.3) is 6.08 Å². The van der Waals surface area contributed by atoms with Gasteiger partial charge in [-0.05, 0) is 19.1 Å². The van der Waals surface area contributed by atoms with Gasteiger partial charge in [-0.1, -0.05) is 24.0 Å². The number of thiazole rings is 1. The Morgan fingerprint density at radius 2 is 2.39 bits per heavy atom. The molecule has 0 aromatic carbocycles. The van der Waals surface area contributed by atoms with Crippen molar-refractivity contribution in [1.82, 2.24) is 9.88 Å². The molecule has 2 aromatic heterocycles. The third kappa shape index (κ3) is 3.36. The second-order valence-electron chi connectivity index (χ2n) is 4.57. The third-order valence-electron chi connectivity index (χ3n) is 3.07. The molecular formula is C14H11N3O3S3. The Morgan fingerprint density at radius 3 is 3.04 bits per heavy atom. The summed E-state index contributed by atoms with van der Waals surface area (Å²) in [4.78, 5) is 30.5. The van der Waals surface area contributed by atoms with Crippen LogP contribution in [-0.4, -0.2) is 32.1 Å². The molecule has 3 heterocycles. The Morgan fingerprint density at radius 1 is 1.57 bits per heavy atom. The van der Waals surface area contributed by atoms with Gasteiger partial charge in [-0.3, -0.25) is 14.5 Å². The standard InChI is InChI=1S/C14H11N3O3S3/c1-8(11(18)16-13-15-4-6-22-13)17-12(19)10(23-14(17)21)7-9-3-2-5-20-9/h2-8H,1H3,(H,15,16,18)/b10-7-. The molecule has 1 fully saturated rings. The van der Waals surface area contributed by atoms with E-state index < -0.39 is 6.04 Å². The summed E-state index contributed by atoms with van der Waals surface area (Å²) >= 11 is 7.69. The number of nitrogens with one attached hydrogen (secondary N) is 1. The van der Waals surface area contributed by atoms with Crippen LogP contribution in [0.4, 0.5) is 5.13 Å². The maximum atomic E-state index is 12.5. The van der Waals surface area contributed by atoms with Crippen molar-refractivity contribution in [2.24, 2.45) is 0 Å². The highest BCUT2D eigenvalue weighted by Gasteiger charge is 2.38. The second-order valence-corrected chi connectivity index (χ2v) is 7.14. The van der Waals surface area contributed by atoms with Gasteiger partial charge in [-0.25, -0.2) is 4.98 Å². The minimum absolute atomic E-state index is 0.307. The predicted octanol–water partition coefficient (Wildman–Crippen LogP) is 2.96. The number of furan rings is 1. The average molecular weight is 365 g/mol. The van der Waals surface area contributed by atoms with E-state index in [4.69, 9.17) is 16.6 Å². The Bertz CT molecular complexity index is 769. The van der Waals surface area contributed by atoms with Gasteiger partial charge in [0.1, 0.15) is 16.1 Å². The molecule has 2 amide bonds. The number of thiocarbonyl (C=S) groups is 1. The van der Waals surface area contributed by atoms with E-state index in [9.17, 15) is 9.59 Å². The van der Waals surface area contributed by atoms with Crippen molar-refractivity contribution < 1.29 is 14.0 Å². The minimum Gasteiger partial charge on any atom is -0.465 e. The lowest BCUT2D eigenvalue weighted by molar-refractivity contribution is -0.129. The van der Waals surface area contributed by atoms with Gasteiger partial charge in [0.25, 0.3) is 5.91 Å². The molecule has 23 heavy (non-hydrogen) atoms. The highest BCUT2D eigenvalue weighted by molar-refractivity contribution is 8.26. The molecule has 0 spiro atoms. The van der Waals surface area contributed by atoms with E-state index >= 15 is 0 Å². The van der Waals surface area contributed by atoms with Crippen LogP contribution >= 0.6 is 35.3 Å². The summed E-state index contributed by atoms with van der Waals surface area (Å²) in [6.45, 7) is 1.63. The smallest absolute Gasteiger partial charge is 0.267 e. The first-order valence-corrected chi connectivity index (χ1v) is 8.67. The van der Waals surface area contributed by atoms with Gasteiger partial charge in [-0.2, -0.15) is 0 Å². The molecule has 1 aliphatic heterocycles. The lowest BCUT2D eigenvalue weighted by atomic mass is 10.2. The highest BCUT2D eigenvalue weighted by atomic mass is 32.2. The van der Waals surface area contributed by atoms with Crippen molar-refractivity contribution in [2.45, 2.75) is 13.0 Å². The van der Waals surface area contributed by atoms with Crippen molar-refractivity contribution in [3.05, 3.63) is 40.6 Å². The lowest BCUT2D eigenvalue weighted by Crippen LogP contribution is -2.44. The van der Waals surface area contributed by atoms with Crippen molar-refractivity contribution in [1.29, 1.82) is 0 Å². The number of carbonyl (C=O) groups is 2. The van der Waals surface area contributed by atoms with Crippen LogP contribution in [0.15, 0.2) is 39.3 Å². The van der Waals surface area contributed by atoms with Crippen LogP contribution < -0.4 is 5.32 Å². The van der Waals surface area contributed by atoms with Crippen molar-refractivity contribution >= 4 is 62.7 Å². The Hall–Kier alpha value is -1.97. The monoisotopic (exact) mass is 365 g/mol. The van der Waals surface area contributed by atoms with Crippen LogP contribution in [0, 0.1) is 0 Å². The summed E-state index contributed by atoms with van der Waals surface area (Å²) < 4.78 is 5.54. The molecule has 3 rings (SSSR count). The second kappa shape index (κ2) is 6.65. The van der Waals surface area contributed by atoms with E-state index in [0.29, 0.717) is 20.1 Å².